The number of hydrazone groups is 1. The van der Waals surface area contributed by atoms with E-state index >= 15 is 0 Å². The third-order valence-corrected chi connectivity index (χ3v) is 5.42. The van der Waals surface area contributed by atoms with Gasteiger partial charge in [0.25, 0.3) is 0 Å². The van der Waals surface area contributed by atoms with Crippen molar-refractivity contribution < 1.29 is 0 Å². The Kier molecular flexibility index (Phi) is 4.73. The lowest BCUT2D eigenvalue weighted by atomic mass is 9.98. The first-order valence-corrected chi connectivity index (χ1v) is 9.72. The van der Waals surface area contributed by atoms with Crippen LogP contribution in [0.5, 0.6) is 0 Å². The van der Waals surface area contributed by atoms with Crippen LogP contribution in [0.2, 0.25) is 0 Å². The molecule has 3 aromatic rings. The Morgan fingerprint density at radius 2 is 1.36 bits per heavy atom. The van der Waals surface area contributed by atoms with Gasteiger partial charge < -0.3 is 0 Å². The number of hydrogen-bond acceptors (Lipinski definition) is 2. The lowest BCUT2D eigenvalue weighted by Crippen LogP contribution is -2.18. The maximum atomic E-state index is 4.96. The molecule has 2 nitrogen and oxygen atoms in total. The van der Waals surface area contributed by atoms with Gasteiger partial charge in [-0.2, -0.15) is 5.10 Å². The van der Waals surface area contributed by atoms with Gasteiger partial charge >= 0.3 is 0 Å². The van der Waals surface area contributed by atoms with E-state index in [-0.39, 0.29) is 6.04 Å². The van der Waals surface area contributed by atoms with E-state index in [1.165, 1.54) is 11.1 Å². The fourth-order valence-corrected chi connectivity index (χ4v) is 3.62. The molecule has 3 aromatic carbocycles. The number of benzene rings is 3. The van der Waals surface area contributed by atoms with Crippen LogP contribution in [0.25, 0.3) is 0 Å². The highest BCUT2D eigenvalue weighted by Gasteiger charge is 2.29. The minimum absolute atomic E-state index is 0.199. The summed E-state index contributed by atoms with van der Waals surface area (Å²) >= 11 is 7.03. The first-order chi connectivity index (χ1) is 12.2. The maximum Gasteiger partial charge on any atom is 0.0831 e. The van der Waals surface area contributed by atoms with Crippen LogP contribution >= 0.6 is 31.9 Å². The average Bonchev–Trinajstić information content (AvgIpc) is 3.09. The van der Waals surface area contributed by atoms with Crippen LogP contribution in [0, 0.1) is 0 Å². The summed E-state index contributed by atoms with van der Waals surface area (Å²) in [6.45, 7) is 0. The highest BCUT2D eigenvalue weighted by Crippen LogP contribution is 2.37. The van der Waals surface area contributed by atoms with Gasteiger partial charge in [0, 0.05) is 15.4 Å². The molecule has 1 aliphatic heterocycles. The average molecular weight is 456 g/mol. The van der Waals surface area contributed by atoms with Gasteiger partial charge in [0.05, 0.1) is 17.4 Å². The van der Waals surface area contributed by atoms with Crippen LogP contribution in [-0.2, 0) is 0 Å². The van der Waals surface area contributed by atoms with Gasteiger partial charge in [0.2, 0.25) is 0 Å². The standard InChI is InChI=1S/C21H16Br2N2/c22-17-8-6-16(7-9-17)21-14-20(15-4-2-1-3-5-15)24-25(21)19-12-10-18(23)11-13-19/h1-13,21H,14H2. The van der Waals surface area contributed by atoms with Gasteiger partial charge in [-0.3, -0.25) is 5.01 Å². The SMILES string of the molecule is Brc1ccc(C2CC(c3ccccc3)=NN2c2ccc(Br)cc2)cc1. The first-order valence-electron chi connectivity index (χ1n) is 8.14. The van der Waals surface area contributed by atoms with Gasteiger partial charge in [0.15, 0.2) is 0 Å². The molecule has 1 heterocycles. The van der Waals surface area contributed by atoms with Crippen molar-refractivity contribution in [3.63, 3.8) is 0 Å². The summed E-state index contributed by atoms with van der Waals surface area (Å²) in [7, 11) is 0. The van der Waals surface area contributed by atoms with E-state index in [1.807, 2.05) is 6.07 Å². The summed E-state index contributed by atoms with van der Waals surface area (Å²) < 4.78 is 2.16. The number of nitrogens with zero attached hydrogens (tertiary/aromatic N) is 2. The topological polar surface area (TPSA) is 15.6 Å². The van der Waals surface area contributed by atoms with Crippen LogP contribution in [0.15, 0.2) is 92.9 Å². The van der Waals surface area contributed by atoms with Gasteiger partial charge in [0.1, 0.15) is 0 Å². The first kappa shape index (κ1) is 16.6. The Labute approximate surface area is 164 Å². The molecule has 0 fully saturated rings. The molecule has 0 aliphatic carbocycles. The lowest BCUT2D eigenvalue weighted by molar-refractivity contribution is 0.709. The van der Waals surface area contributed by atoms with Crippen molar-refractivity contribution in [2.75, 3.05) is 5.01 Å². The molecular weight excluding hydrogens is 440 g/mol. The second-order valence-corrected chi connectivity index (χ2v) is 7.84. The van der Waals surface area contributed by atoms with Crippen molar-refractivity contribution in [1.82, 2.24) is 0 Å². The van der Waals surface area contributed by atoms with Crippen LogP contribution in [-0.4, -0.2) is 5.71 Å². The molecule has 25 heavy (non-hydrogen) atoms. The predicted octanol–water partition coefficient (Wildman–Crippen LogP) is 6.57. The van der Waals surface area contributed by atoms with Crippen molar-refractivity contribution >= 4 is 43.3 Å². The van der Waals surface area contributed by atoms with E-state index in [0.717, 1.165) is 26.8 Å². The maximum absolute atomic E-state index is 4.96. The third-order valence-electron chi connectivity index (χ3n) is 4.36. The normalized spacial score (nSPS) is 16.8. The minimum atomic E-state index is 0.199. The molecule has 0 N–H and O–H groups in total. The number of halogens is 2. The second kappa shape index (κ2) is 7.14. The fraction of sp³-hybridized carbons (Fsp3) is 0.0952. The number of hydrogen-bond donors (Lipinski definition) is 0. The van der Waals surface area contributed by atoms with E-state index in [0.29, 0.717) is 0 Å². The molecule has 124 valence electrons. The molecule has 1 unspecified atom stereocenters. The molecular formula is C21H16Br2N2. The zero-order valence-corrected chi connectivity index (χ0v) is 16.6. The lowest BCUT2D eigenvalue weighted by Gasteiger charge is -2.24. The highest BCUT2D eigenvalue weighted by atomic mass is 79.9. The van der Waals surface area contributed by atoms with Gasteiger partial charge in [-0.15, -0.1) is 0 Å². The smallest absolute Gasteiger partial charge is 0.0831 e. The van der Waals surface area contributed by atoms with Crippen molar-refractivity contribution in [2.45, 2.75) is 12.5 Å². The monoisotopic (exact) mass is 454 g/mol. The quantitative estimate of drug-likeness (QED) is 0.436. The Morgan fingerprint density at radius 1 is 0.760 bits per heavy atom. The third kappa shape index (κ3) is 3.55. The summed E-state index contributed by atoms with van der Waals surface area (Å²) in [5.74, 6) is 0. The van der Waals surface area contributed by atoms with E-state index in [9.17, 15) is 0 Å². The van der Waals surface area contributed by atoms with Crippen LogP contribution in [0.4, 0.5) is 5.69 Å². The second-order valence-electron chi connectivity index (χ2n) is 6.01. The molecule has 0 radical (unpaired) electrons. The number of anilines is 1. The summed E-state index contributed by atoms with van der Waals surface area (Å²) in [5.41, 5.74) is 4.67. The summed E-state index contributed by atoms with van der Waals surface area (Å²) in [4.78, 5) is 0. The predicted molar refractivity (Wildman–Crippen MR) is 111 cm³/mol. The van der Waals surface area contributed by atoms with E-state index in [2.05, 4.69) is 110 Å². The highest BCUT2D eigenvalue weighted by molar-refractivity contribution is 9.10. The summed E-state index contributed by atoms with van der Waals surface area (Å²) in [5, 5.41) is 7.10. The molecule has 0 saturated heterocycles. The zero-order chi connectivity index (χ0) is 17.2. The molecule has 4 heteroatoms. The Balaban J connectivity index is 1.74. The van der Waals surface area contributed by atoms with Crippen LogP contribution in [0.1, 0.15) is 23.6 Å². The van der Waals surface area contributed by atoms with Crippen LogP contribution in [0.3, 0.4) is 0 Å². The largest absolute Gasteiger partial charge is 0.257 e. The Bertz CT molecular complexity index is 887. The molecule has 0 spiro atoms. The number of rotatable bonds is 3. The van der Waals surface area contributed by atoms with Gasteiger partial charge in [-0.05, 0) is 47.5 Å². The molecule has 4 rings (SSSR count). The van der Waals surface area contributed by atoms with Crippen LogP contribution < -0.4 is 5.01 Å². The van der Waals surface area contributed by atoms with Crippen molar-refractivity contribution in [3.8, 4) is 0 Å². The van der Waals surface area contributed by atoms with E-state index in [4.69, 9.17) is 5.10 Å². The minimum Gasteiger partial charge on any atom is -0.257 e. The van der Waals surface area contributed by atoms with Gasteiger partial charge in [-0.25, -0.2) is 0 Å². The molecule has 0 aromatic heterocycles. The fourth-order valence-electron chi connectivity index (χ4n) is 3.09. The molecule has 0 bridgehead atoms. The Hall–Kier alpha value is -1.91. The molecule has 1 atom stereocenters. The van der Waals surface area contributed by atoms with Crippen molar-refractivity contribution in [1.29, 1.82) is 0 Å². The molecule has 0 amide bonds. The van der Waals surface area contributed by atoms with E-state index < -0.39 is 0 Å². The summed E-state index contributed by atoms with van der Waals surface area (Å²) in [6.07, 6.45) is 0.891. The van der Waals surface area contributed by atoms with E-state index in [1.54, 1.807) is 0 Å². The van der Waals surface area contributed by atoms with Crippen molar-refractivity contribution in [2.24, 2.45) is 5.10 Å². The van der Waals surface area contributed by atoms with Gasteiger partial charge in [-0.1, -0.05) is 74.3 Å². The van der Waals surface area contributed by atoms with Crippen molar-refractivity contribution in [3.05, 3.63) is 98.9 Å². The molecule has 1 aliphatic rings. The Morgan fingerprint density at radius 3 is 2.00 bits per heavy atom. The summed E-state index contributed by atoms with van der Waals surface area (Å²) in [6, 6.07) is 27.5. The zero-order valence-electron chi connectivity index (χ0n) is 13.4. The molecule has 0 saturated carbocycles.